The number of nitrogens with two attached hydrogens (primary N) is 1. The highest BCUT2D eigenvalue weighted by Gasteiger charge is 2.45. The van der Waals surface area contributed by atoms with Crippen molar-refractivity contribution in [1.82, 2.24) is 5.43 Å². The molecular formula is C14H20N2O2. The third kappa shape index (κ3) is 2.06. The summed E-state index contributed by atoms with van der Waals surface area (Å²) in [7, 11) is 0. The van der Waals surface area contributed by atoms with Crippen molar-refractivity contribution in [3.8, 4) is 11.5 Å². The zero-order valence-corrected chi connectivity index (χ0v) is 10.7. The summed E-state index contributed by atoms with van der Waals surface area (Å²) >= 11 is 0. The standard InChI is InChI=1S/C14H20N2O2/c1-14(5-6-14)13(16-15)10-3-4-11-12(9-10)18-8-2-7-17-11/h3-4,9,13,16H,2,5-8,15H2,1H3. The van der Waals surface area contributed by atoms with Gasteiger partial charge < -0.3 is 9.47 Å². The number of hydrogen-bond acceptors (Lipinski definition) is 4. The van der Waals surface area contributed by atoms with E-state index in [2.05, 4.69) is 24.5 Å². The molecule has 3 rings (SSSR count). The topological polar surface area (TPSA) is 56.5 Å². The van der Waals surface area contributed by atoms with Gasteiger partial charge in [-0.25, -0.2) is 0 Å². The van der Waals surface area contributed by atoms with E-state index < -0.39 is 0 Å². The zero-order valence-electron chi connectivity index (χ0n) is 10.7. The second-order valence-corrected chi connectivity index (χ2v) is 5.51. The van der Waals surface area contributed by atoms with Gasteiger partial charge in [0.15, 0.2) is 11.5 Å². The van der Waals surface area contributed by atoms with Crippen molar-refractivity contribution in [3.05, 3.63) is 23.8 Å². The molecule has 0 saturated heterocycles. The number of rotatable bonds is 3. The molecule has 0 aromatic heterocycles. The molecule has 4 heteroatoms. The molecule has 1 saturated carbocycles. The Labute approximate surface area is 107 Å². The predicted molar refractivity (Wildman–Crippen MR) is 69.5 cm³/mol. The lowest BCUT2D eigenvalue weighted by molar-refractivity contribution is 0.296. The van der Waals surface area contributed by atoms with Crippen molar-refractivity contribution in [2.45, 2.75) is 32.2 Å². The average molecular weight is 248 g/mol. The van der Waals surface area contributed by atoms with E-state index in [1.165, 1.54) is 18.4 Å². The first kappa shape index (κ1) is 11.8. The summed E-state index contributed by atoms with van der Waals surface area (Å²) in [6.45, 7) is 3.71. The Morgan fingerprint density at radius 1 is 1.22 bits per heavy atom. The Morgan fingerprint density at radius 3 is 2.61 bits per heavy atom. The smallest absolute Gasteiger partial charge is 0.161 e. The van der Waals surface area contributed by atoms with Gasteiger partial charge in [-0.3, -0.25) is 11.3 Å². The van der Waals surface area contributed by atoms with Crippen LogP contribution in [0.4, 0.5) is 0 Å². The monoisotopic (exact) mass is 248 g/mol. The lowest BCUT2D eigenvalue weighted by Gasteiger charge is -2.24. The van der Waals surface area contributed by atoms with Gasteiger partial charge in [0, 0.05) is 6.42 Å². The maximum atomic E-state index is 5.72. The largest absolute Gasteiger partial charge is 0.490 e. The molecule has 2 aliphatic rings. The molecule has 1 unspecified atom stereocenters. The lowest BCUT2D eigenvalue weighted by atomic mass is 9.92. The fourth-order valence-corrected chi connectivity index (χ4v) is 2.55. The van der Waals surface area contributed by atoms with Gasteiger partial charge in [-0.2, -0.15) is 0 Å². The van der Waals surface area contributed by atoms with E-state index >= 15 is 0 Å². The Morgan fingerprint density at radius 2 is 1.94 bits per heavy atom. The van der Waals surface area contributed by atoms with Crippen molar-refractivity contribution in [2.75, 3.05) is 13.2 Å². The SMILES string of the molecule is CC1(C(NN)c2ccc3c(c2)OCCCO3)CC1. The van der Waals surface area contributed by atoms with Crippen LogP contribution in [0.2, 0.25) is 0 Å². The molecular weight excluding hydrogens is 228 g/mol. The second kappa shape index (κ2) is 4.44. The predicted octanol–water partition coefficient (Wildman–Crippen LogP) is 2.15. The van der Waals surface area contributed by atoms with Crippen molar-refractivity contribution in [1.29, 1.82) is 0 Å². The van der Waals surface area contributed by atoms with Crippen LogP contribution in [0.5, 0.6) is 11.5 Å². The van der Waals surface area contributed by atoms with Gasteiger partial charge in [0.2, 0.25) is 0 Å². The van der Waals surface area contributed by atoms with Crippen LogP contribution in [0.25, 0.3) is 0 Å². The highest BCUT2D eigenvalue weighted by atomic mass is 16.5. The average Bonchev–Trinajstić information content (AvgIpc) is 3.13. The van der Waals surface area contributed by atoms with Gasteiger partial charge in [0.1, 0.15) is 0 Å². The third-order valence-corrected chi connectivity index (χ3v) is 4.01. The number of hydrazine groups is 1. The van der Waals surface area contributed by atoms with Crippen LogP contribution in [0.3, 0.4) is 0 Å². The summed E-state index contributed by atoms with van der Waals surface area (Å²) in [5, 5.41) is 0. The van der Waals surface area contributed by atoms with Gasteiger partial charge >= 0.3 is 0 Å². The first-order valence-electron chi connectivity index (χ1n) is 6.59. The Bertz CT molecular complexity index is 443. The molecule has 1 aliphatic carbocycles. The lowest BCUT2D eigenvalue weighted by Crippen LogP contribution is -2.33. The highest BCUT2D eigenvalue weighted by molar-refractivity contribution is 5.45. The van der Waals surface area contributed by atoms with E-state index in [1.54, 1.807) is 0 Å². The van der Waals surface area contributed by atoms with Crippen LogP contribution in [-0.4, -0.2) is 13.2 Å². The van der Waals surface area contributed by atoms with Crippen molar-refractivity contribution in [3.63, 3.8) is 0 Å². The molecule has 1 aromatic rings. The molecule has 0 spiro atoms. The van der Waals surface area contributed by atoms with E-state index in [4.69, 9.17) is 15.3 Å². The van der Waals surface area contributed by atoms with Crippen LogP contribution in [-0.2, 0) is 0 Å². The van der Waals surface area contributed by atoms with Crippen molar-refractivity contribution >= 4 is 0 Å². The second-order valence-electron chi connectivity index (χ2n) is 5.51. The molecule has 0 radical (unpaired) electrons. The minimum atomic E-state index is 0.189. The fourth-order valence-electron chi connectivity index (χ4n) is 2.55. The van der Waals surface area contributed by atoms with Crippen LogP contribution in [0.1, 0.15) is 37.8 Å². The minimum Gasteiger partial charge on any atom is -0.490 e. The molecule has 1 aromatic carbocycles. The van der Waals surface area contributed by atoms with E-state index in [0.29, 0.717) is 6.61 Å². The Balaban J connectivity index is 1.91. The summed E-state index contributed by atoms with van der Waals surface area (Å²) in [5.41, 5.74) is 4.42. The zero-order chi connectivity index (χ0) is 12.6. The maximum absolute atomic E-state index is 5.72. The first-order chi connectivity index (χ1) is 8.73. The van der Waals surface area contributed by atoms with Crippen LogP contribution in [0, 0.1) is 5.41 Å². The fraction of sp³-hybridized carbons (Fsp3) is 0.571. The van der Waals surface area contributed by atoms with E-state index in [0.717, 1.165) is 24.5 Å². The Kier molecular flexibility index (Phi) is 2.92. The molecule has 0 amide bonds. The number of ether oxygens (including phenoxy) is 2. The maximum Gasteiger partial charge on any atom is 0.161 e. The minimum absolute atomic E-state index is 0.189. The van der Waals surface area contributed by atoms with Crippen LogP contribution < -0.4 is 20.7 Å². The normalized spacial score (nSPS) is 22.1. The summed E-state index contributed by atoms with van der Waals surface area (Å²) < 4.78 is 11.4. The van der Waals surface area contributed by atoms with Crippen molar-refractivity contribution < 1.29 is 9.47 Å². The molecule has 1 fully saturated rings. The summed E-state index contributed by atoms with van der Waals surface area (Å²) in [4.78, 5) is 0. The molecule has 3 N–H and O–H groups in total. The number of benzene rings is 1. The molecule has 18 heavy (non-hydrogen) atoms. The number of fused-ring (bicyclic) bond motifs is 1. The number of hydrogen-bond donors (Lipinski definition) is 2. The van der Waals surface area contributed by atoms with Crippen molar-refractivity contribution in [2.24, 2.45) is 11.3 Å². The summed E-state index contributed by atoms with van der Waals surface area (Å²) in [6.07, 6.45) is 3.37. The Hall–Kier alpha value is -1.26. The van der Waals surface area contributed by atoms with E-state index in [1.807, 2.05) is 6.07 Å². The highest BCUT2D eigenvalue weighted by Crippen LogP contribution is 2.54. The molecule has 1 aliphatic heterocycles. The number of nitrogens with one attached hydrogen (secondary N) is 1. The van der Waals surface area contributed by atoms with Crippen LogP contribution >= 0.6 is 0 Å². The van der Waals surface area contributed by atoms with E-state index in [-0.39, 0.29) is 11.5 Å². The third-order valence-electron chi connectivity index (χ3n) is 4.01. The van der Waals surface area contributed by atoms with Gasteiger partial charge in [0.05, 0.1) is 19.3 Å². The van der Waals surface area contributed by atoms with Gasteiger partial charge in [-0.1, -0.05) is 13.0 Å². The summed E-state index contributed by atoms with van der Waals surface area (Å²) in [5.74, 6) is 7.40. The van der Waals surface area contributed by atoms with Gasteiger partial charge in [-0.15, -0.1) is 0 Å². The van der Waals surface area contributed by atoms with Crippen LogP contribution in [0.15, 0.2) is 18.2 Å². The van der Waals surface area contributed by atoms with Gasteiger partial charge in [-0.05, 0) is 36.0 Å². The van der Waals surface area contributed by atoms with E-state index in [9.17, 15) is 0 Å². The van der Waals surface area contributed by atoms with Gasteiger partial charge in [0.25, 0.3) is 0 Å². The molecule has 4 nitrogen and oxygen atoms in total. The first-order valence-corrected chi connectivity index (χ1v) is 6.59. The molecule has 1 heterocycles. The summed E-state index contributed by atoms with van der Waals surface area (Å²) in [6, 6.07) is 6.33. The molecule has 1 atom stereocenters. The molecule has 98 valence electrons. The quantitative estimate of drug-likeness (QED) is 0.635. The molecule has 0 bridgehead atoms.